The highest BCUT2D eigenvalue weighted by Gasteiger charge is 2.19. The van der Waals surface area contributed by atoms with Gasteiger partial charge in [-0.3, -0.25) is 19.7 Å². The van der Waals surface area contributed by atoms with Gasteiger partial charge in [-0.25, -0.2) is 9.36 Å². The molecule has 0 radical (unpaired) electrons. The Balaban J connectivity index is 1.48. The molecule has 1 aliphatic heterocycles. The zero-order valence-electron chi connectivity index (χ0n) is 16.9. The molecule has 0 saturated carbocycles. The van der Waals surface area contributed by atoms with Crippen LogP contribution in [0.5, 0.6) is 5.88 Å². The van der Waals surface area contributed by atoms with E-state index in [0.717, 1.165) is 41.5 Å². The first-order valence-electron chi connectivity index (χ1n) is 10.1. The molecular formula is C23H23BrN4O3. The second-order valence-corrected chi connectivity index (χ2v) is 8.50. The lowest BCUT2D eigenvalue weighted by molar-refractivity contribution is 0.206. The molecule has 31 heavy (non-hydrogen) atoms. The predicted molar refractivity (Wildman–Crippen MR) is 124 cm³/mol. The van der Waals surface area contributed by atoms with E-state index in [1.807, 2.05) is 18.2 Å². The largest absolute Gasteiger partial charge is 0.493 e. The van der Waals surface area contributed by atoms with Gasteiger partial charge in [0.25, 0.3) is 5.56 Å². The van der Waals surface area contributed by atoms with Crippen molar-refractivity contribution in [2.45, 2.75) is 25.4 Å². The molecule has 0 unspecified atom stereocenters. The third kappa shape index (κ3) is 5.03. The van der Waals surface area contributed by atoms with Crippen molar-refractivity contribution >= 4 is 22.1 Å². The summed E-state index contributed by atoms with van der Waals surface area (Å²) in [5.41, 5.74) is 0.369. The van der Waals surface area contributed by atoms with Crippen molar-refractivity contribution in [3.8, 4) is 11.6 Å². The maximum absolute atomic E-state index is 12.3. The van der Waals surface area contributed by atoms with Crippen LogP contribution in [0.2, 0.25) is 0 Å². The van der Waals surface area contributed by atoms with E-state index < -0.39 is 17.1 Å². The van der Waals surface area contributed by atoms with Gasteiger partial charge in [-0.2, -0.15) is 0 Å². The van der Waals surface area contributed by atoms with Crippen LogP contribution in [0.1, 0.15) is 24.0 Å². The quantitative estimate of drug-likeness (QED) is 0.546. The normalized spacial score (nSPS) is 15.5. The molecule has 0 aliphatic carbocycles. The van der Waals surface area contributed by atoms with E-state index in [4.69, 9.17) is 0 Å². The van der Waals surface area contributed by atoms with Gasteiger partial charge in [0.1, 0.15) is 5.56 Å². The van der Waals surface area contributed by atoms with Crippen molar-refractivity contribution in [3.05, 3.63) is 91.0 Å². The summed E-state index contributed by atoms with van der Waals surface area (Å²) in [6, 6.07) is 17.3. The number of halogens is 1. The van der Waals surface area contributed by atoms with Crippen LogP contribution in [0.25, 0.3) is 5.69 Å². The lowest BCUT2D eigenvalue weighted by Gasteiger charge is -2.30. The molecule has 4 rings (SSSR count). The Hall–Kier alpha value is -2.97. The van der Waals surface area contributed by atoms with E-state index in [2.05, 4.69) is 42.9 Å². The summed E-state index contributed by atoms with van der Waals surface area (Å²) in [4.78, 5) is 33.8. The van der Waals surface area contributed by atoms with Gasteiger partial charge in [0.05, 0.1) is 11.7 Å². The molecule has 1 aromatic heterocycles. The average Bonchev–Trinajstić information content (AvgIpc) is 2.76. The first kappa shape index (κ1) is 21.3. The first-order chi connectivity index (χ1) is 15.0. The highest BCUT2D eigenvalue weighted by molar-refractivity contribution is 9.10. The van der Waals surface area contributed by atoms with Crippen LogP contribution in [0.15, 0.2) is 73.7 Å². The summed E-state index contributed by atoms with van der Waals surface area (Å²) in [5.74, 6) is -0.415. The molecule has 2 aromatic carbocycles. The molecule has 0 spiro atoms. The Morgan fingerprint density at radius 1 is 1.06 bits per heavy atom. The monoisotopic (exact) mass is 482 g/mol. The van der Waals surface area contributed by atoms with E-state index in [0.29, 0.717) is 5.69 Å². The van der Waals surface area contributed by atoms with Crippen molar-refractivity contribution in [2.24, 2.45) is 4.99 Å². The Bertz CT molecular complexity index is 1180. The standard InChI is InChI=1S/C23H23BrN4O3/c24-17-6-8-19(9-7-17)28-22(30)20(21(29)26-23(28)31)14-25-18-10-12-27(13-11-18)15-16-4-2-1-3-5-16/h1-9,14,18,30H,10-13,15H2,(H,26,29,31). The Labute approximate surface area is 187 Å². The minimum atomic E-state index is -0.698. The summed E-state index contributed by atoms with van der Waals surface area (Å²) in [5, 5.41) is 10.6. The molecule has 2 N–H and O–H groups in total. The number of hydrogen-bond acceptors (Lipinski definition) is 5. The van der Waals surface area contributed by atoms with Gasteiger partial charge in [0, 0.05) is 30.3 Å². The average molecular weight is 483 g/mol. The maximum Gasteiger partial charge on any atom is 0.335 e. The second kappa shape index (κ2) is 9.45. The van der Waals surface area contributed by atoms with Gasteiger partial charge in [0.15, 0.2) is 0 Å². The van der Waals surface area contributed by atoms with Gasteiger partial charge in [0.2, 0.25) is 5.88 Å². The zero-order chi connectivity index (χ0) is 21.8. The topological polar surface area (TPSA) is 90.7 Å². The van der Waals surface area contributed by atoms with Gasteiger partial charge >= 0.3 is 5.69 Å². The van der Waals surface area contributed by atoms with Crippen molar-refractivity contribution in [1.29, 1.82) is 0 Å². The molecule has 160 valence electrons. The molecule has 1 fully saturated rings. The lowest BCUT2D eigenvalue weighted by Crippen LogP contribution is -2.35. The van der Waals surface area contributed by atoms with Crippen molar-refractivity contribution < 1.29 is 5.11 Å². The lowest BCUT2D eigenvalue weighted by atomic mass is 10.0. The predicted octanol–water partition coefficient (Wildman–Crippen LogP) is 3.08. The zero-order valence-corrected chi connectivity index (χ0v) is 18.5. The highest BCUT2D eigenvalue weighted by Crippen LogP contribution is 2.19. The third-order valence-corrected chi connectivity index (χ3v) is 5.95. The number of rotatable bonds is 5. The Morgan fingerprint density at radius 3 is 2.42 bits per heavy atom. The molecule has 0 amide bonds. The minimum absolute atomic E-state index is 0.0192. The van der Waals surface area contributed by atoms with E-state index in [-0.39, 0.29) is 11.6 Å². The number of aromatic nitrogens is 2. The van der Waals surface area contributed by atoms with Gasteiger partial charge in [-0.1, -0.05) is 46.3 Å². The maximum atomic E-state index is 12.3. The van der Waals surface area contributed by atoms with Crippen LogP contribution in [0.3, 0.4) is 0 Å². The number of nitrogens with zero attached hydrogens (tertiary/aromatic N) is 3. The number of nitrogens with one attached hydrogen (secondary N) is 1. The van der Waals surface area contributed by atoms with Crippen LogP contribution >= 0.6 is 15.9 Å². The molecule has 0 bridgehead atoms. The fourth-order valence-electron chi connectivity index (χ4n) is 3.73. The van der Waals surface area contributed by atoms with Crippen LogP contribution in [0.4, 0.5) is 0 Å². The van der Waals surface area contributed by atoms with E-state index in [1.165, 1.54) is 11.8 Å². The van der Waals surface area contributed by atoms with Crippen LogP contribution in [-0.2, 0) is 6.54 Å². The molecule has 3 aromatic rings. The smallest absolute Gasteiger partial charge is 0.335 e. The van der Waals surface area contributed by atoms with Gasteiger partial charge < -0.3 is 5.11 Å². The minimum Gasteiger partial charge on any atom is -0.493 e. The molecular weight excluding hydrogens is 460 g/mol. The summed E-state index contributed by atoms with van der Waals surface area (Å²) in [6.45, 7) is 2.74. The number of piperidine rings is 1. The van der Waals surface area contributed by atoms with Gasteiger partial charge in [-0.15, -0.1) is 0 Å². The summed E-state index contributed by atoms with van der Waals surface area (Å²) in [6.07, 6.45) is 3.13. The van der Waals surface area contributed by atoms with Crippen molar-refractivity contribution in [2.75, 3.05) is 13.1 Å². The fourth-order valence-corrected chi connectivity index (χ4v) is 4.00. The number of benzene rings is 2. The SMILES string of the molecule is O=c1[nH]c(=O)n(-c2ccc(Br)cc2)c(O)c1C=NC1CCN(Cc2ccccc2)CC1. The summed E-state index contributed by atoms with van der Waals surface area (Å²) >= 11 is 3.34. The number of aromatic amines is 1. The van der Waals surface area contributed by atoms with Crippen LogP contribution in [-0.4, -0.2) is 44.9 Å². The van der Waals surface area contributed by atoms with Crippen molar-refractivity contribution in [3.63, 3.8) is 0 Å². The molecule has 1 aliphatic rings. The van der Waals surface area contributed by atoms with E-state index >= 15 is 0 Å². The summed E-state index contributed by atoms with van der Waals surface area (Å²) < 4.78 is 1.91. The number of hydrogen-bond donors (Lipinski definition) is 2. The van der Waals surface area contributed by atoms with Gasteiger partial charge in [-0.05, 0) is 42.7 Å². The number of aliphatic imine (C=N–C) groups is 1. The Kier molecular flexibility index (Phi) is 6.48. The molecule has 7 nitrogen and oxygen atoms in total. The molecule has 0 atom stereocenters. The number of likely N-dealkylation sites (tertiary alicyclic amines) is 1. The van der Waals surface area contributed by atoms with Crippen LogP contribution < -0.4 is 11.2 Å². The molecule has 8 heteroatoms. The number of H-pyrrole nitrogens is 1. The fraction of sp³-hybridized carbons (Fsp3) is 0.261. The second-order valence-electron chi connectivity index (χ2n) is 7.58. The third-order valence-electron chi connectivity index (χ3n) is 5.43. The van der Waals surface area contributed by atoms with E-state index in [1.54, 1.807) is 24.3 Å². The van der Waals surface area contributed by atoms with Crippen LogP contribution in [0, 0.1) is 0 Å². The highest BCUT2D eigenvalue weighted by atomic mass is 79.9. The molecule has 1 saturated heterocycles. The van der Waals surface area contributed by atoms with E-state index in [9.17, 15) is 14.7 Å². The van der Waals surface area contributed by atoms with Crippen molar-refractivity contribution in [1.82, 2.24) is 14.5 Å². The number of aromatic hydroxyl groups is 1. The Morgan fingerprint density at radius 2 is 1.74 bits per heavy atom. The summed E-state index contributed by atoms with van der Waals surface area (Å²) in [7, 11) is 0. The first-order valence-corrected chi connectivity index (χ1v) is 10.9. The molecule has 2 heterocycles.